The van der Waals surface area contributed by atoms with Gasteiger partial charge in [-0.15, -0.1) is 0 Å². The molecule has 0 heterocycles. The van der Waals surface area contributed by atoms with Crippen molar-refractivity contribution in [2.45, 2.75) is 26.7 Å². The molecule has 2 nitrogen and oxygen atoms in total. The van der Waals surface area contributed by atoms with Gasteiger partial charge in [0.05, 0.1) is 0 Å². The maximum atomic E-state index is 10.6. The minimum absolute atomic E-state index is 0. The van der Waals surface area contributed by atoms with Gasteiger partial charge in [-0.3, -0.25) is 4.79 Å². The molecule has 0 aliphatic carbocycles. The second-order valence-corrected chi connectivity index (χ2v) is 3.32. The second kappa shape index (κ2) is 6.23. The average Bonchev–Trinajstić information content (AvgIpc) is 2.04. The molecule has 0 saturated heterocycles. The van der Waals surface area contributed by atoms with Gasteiger partial charge in [0.1, 0.15) is 5.75 Å². The van der Waals surface area contributed by atoms with E-state index in [2.05, 4.69) is 13.8 Å². The van der Waals surface area contributed by atoms with Crippen molar-refractivity contribution < 1.29 is 9.53 Å². The van der Waals surface area contributed by atoms with Crippen molar-refractivity contribution >= 4 is 35.5 Å². The maximum absolute atomic E-state index is 10.6. The molecule has 3 heteroatoms. The van der Waals surface area contributed by atoms with Gasteiger partial charge in [0.15, 0.2) is 0 Å². The van der Waals surface area contributed by atoms with Crippen LogP contribution in [0.3, 0.4) is 0 Å². The molecule has 0 aliphatic rings. The van der Waals surface area contributed by atoms with Crippen LogP contribution >= 0.6 is 0 Å². The van der Waals surface area contributed by atoms with E-state index in [0.29, 0.717) is 11.7 Å². The number of rotatable bonds is 2. The van der Waals surface area contributed by atoms with Crippen molar-refractivity contribution in [3.63, 3.8) is 0 Å². The van der Waals surface area contributed by atoms with Crippen molar-refractivity contribution in [1.29, 1.82) is 0 Å². The van der Waals surface area contributed by atoms with E-state index in [9.17, 15) is 4.79 Å². The Kier molecular flexibility index (Phi) is 6.09. The molecule has 0 amide bonds. The van der Waals surface area contributed by atoms with Gasteiger partial charge in [-0.1, -0.05) is 26.0 Å². The van der Waals surface area contributed by atoms with E-state index in [4.69, 9.17) is 4.74 Å². The number of carbonyl (C=O) groups is 1. The second-order valence-electron chi connectivity index (χ2n) is 3.32. The summed E-state index contributed by atoms with van der Waals surface area (Å²) < 4.78 is 4.91. The van der Waals surface area contributed by atoms with Gasteiger partial charge in [0.25, 0.3) is 0 Å². The first kappa shape index (κ1) is 13.7. The summed E-state index contributed by atoms with van der Waals surface area (Å²) in [5.74, 6) is 0.834. The molecule has 0 unspecified atom stereocenters. The van der Waals surface area contributed by atoms with E-state index in [1.54, 1.807) is 0 Å². The van der Waals surface area contributed by atoms with Gasteiger partial charge in [0, 0.05) is 6.92 Å². The van der Waals surface area contributed by atoms with E-state index in [1.807, 2.05) is 24.3 Å². The summed E-state index contributed by atoms with van der Waals surface area (Å²) in [5, 5.41) is 0. The molecule has 0 atom stereocenters. The van der Waals surface area contributed by atoms with Crippen LogP contribution in [0, 0.1) is 0 Å². The zero-order chi connectivity index (χ0) is 9.84. The molecule has 0 bridgehead atoms. The van der Waals surface area contributed by atoms with Gasteiger partial charge in [0.2, 0.25) is 0 Å². The summed E-state index contributed by atoms with van der Waals surface area (Å²) in [5.41, 5.74) is 1.25. The molecule has 0 N–H and O–H groups in total. The fourth-order valence-corrected chi connectivity index (χ4v) is 1.09. The van der Waals surface area contributed by atoms with E-state index < -0.39 is 0 Å². The van der Waals surface area contributed by atoms with Crippen molar-refractivity contribution in [2.24, 2.45) is 0 Å². The molecule has 0 fully saturated rings. The van der Waals surface area contributed by atoms with Gasteiger partial charge >= 0.3 is 35.5 Å². The van der Waals surface area contributed by atoms with Crippen LogP contribution < -0.4 is 4.74 Å². The zero-order valence-corrected chi connectivity index (χ0v) is 8.20. The Balaban J connectivity index is 0.00000169. The zero-order valence-electron chi connectivity index (χ0n) is 8.20. The van der Waals surface area contributed by atoms with Gasteiger partial charge < -0.3 is 4.74 Å². The predicted molar refractivity (Wildman–Crippen MR) is 59.0 cm³/mol. The van der Waals surface area contributed by atoms with Crippen LogP contribution in [0.2, 0.25) is 0 Å². The van der Waals surface area contributed by atoms with Crippen LogP contribution in [-0.2, 0) is 4.79 Å². The number of hydrogen-bond donors (Lipinski definition) is 0. The quantitative estimate of drug-likeness (QED) is 0.417. The SMILES string of the molecule is CC(=O)Oc1ccc(C(C)C)cc1.[NaH]. The van der Waals surface area contributed by atoms with Crippen LogP contribution in [0.1, 0.15) is 32.3 Å². The summed E-state index contributed by atoms with van der Waals surface area (Å²) in [4.78, 5) is 10.6. The molecule has 1 aromatic carbocycles. The Morgan fingerprint density at radius 2 is 1.71 bits per heavy atom. The van der Waals surface area contributed by atoms with Crippen LogP contribution in [0.4, 0.5) is 0 Å². The summed E-state index contributed by atoms with van der Waals surface area (Å²) >= 11 is 0. The first-order valence-electron chi connectivity index (χ1n) is 4.38. The van der Waals surface area contributed by atoms with Crippen molar-refractivity contribution in [2.75, 3.05) is 0 Å². The third-order valence-corrected chi connectivity index (χ3v) is 1.81. The van der Waals surface area contributed by atoms with Crippen molar-refractivity contribution in [1.82, 2.24) is 0 Å². The standard InChI is InChI=1S/C11H14O2.Na.H/c1-8(2)10-4-6-11(7-5-10)13-9(3)12;;/h4-8H,1-3H3;;. The normalized spacial score (nSPS) is 9.43. The Morgan fingerprint density at radius 1 is 1.21 bits per heavy atom. The van der Waals surface area contributed by atoms with Crippen LogP contribution in [0.5, 0.6) is 5.75 Å². The Labute approximate surface area is 107 Å². The fourth-order valence-electron chi connectivity index (χ4n) is 1.09. The van der Waals surface area contributed by atoms with Gasteiger partial charge in [-0.05, 0) is 23.6 Å². The number of ether oxygens (including phenoxy) is 1. The van der Waals surface area contributed by atoms with Gasteiger partial charge in [-0.2, -0.15) is 0 Å². The van der Waals surface area contributed by atoms with E-state index in [0.717, 1.165) is 0 Å². The van der Waals surface area contributed by atoms with Crippen molar-refractivity contribution in [3.8, 4) is 5.75 Å². The monoisotopic (exact) mass is 202 g/mol. The minimum atomic E-state index is -0.280. The average molecular weight is 202 g/mol. The number of benzene rings is 1. The third-order valence-electron chi connectivity index (χ3n) is 1.81. The van der Waals surface area contributed by atoms with E-state index >= 15 is 0 Å². The molecule has 0 saturated carbocycles. The van der Waals surface area contributed by atoms with Crippen LogP contribution in [0.15, 0.2) is 24.3 Å². The molecule has 72 valence electrons. The molecule has 0 radical (unpaired) electrons. The molecule has 0 spiro atoms. The summed E-state index contributed by atoms with van der Waals surface area (Å²) in [6.07, 6.45) is 0. The molecule has 1 aromatic rings. The topological polar surface area (TPSA) is 26.3 Å². The summed E-state index contributed by atoms with van der Waals surface area (Å²) in [7, 11) is 0. The number of carbonyl (C=O) groups excluding carboxylic acids is 1. The summed E-state index contributed by atoms with van der Waals surface area (Å²) in [6.45, 7) is 5.65. The fraction of sp³-hybridized carbons (Fsp3) is 0.364. The Bertz CT molecular complexity index is 291. The molecule has 0 aliphatic heterocycles. The molecular formula is C11H15NaO2. The number of esters is 1. The van der Waals surface area contributed by atoms with E-state index in [1.165, 1.54) is 12.5 Å². The molecule has 0 aromatic heterocycles. The third kappa shape index (κ3) is 4.27. The first-order chi connectivity index (χ1) is 6.09. The first-order valence-corrected chi connectivity index (χ1v) is 4.38. The predicted octanol–water partition coefficient (Wildman–Crippen LogP) is 2.09. The molecule has 1 rings (SSSR count). The van der Waals surface area contributed by atoms with Crippen LogP contribution in [0.25, 0.3) is 0 Å². The van der Waals surface area contributed by atoms with Crippen molar-refractivity contribution in [3.05, 3.63) is 29.8 Å². The molecular weight excluding hydrogens is 187 g/mol. The number of hydrogen-bond acceptors (Lipinski definition) is 2. The Morgan fingerprint density at radius 3 is 2.07 bits per heavy atom. The Hall–Kier alpha value is -0.310. The molecule has 14 heavy (non-hydrogen) atoms. The summed E-state index contributed by atoms with van der Waals surface area (Å²) in [6, 6.07) is 7.58. The van der Waals surface area contributed by atoms with Crippen LogP contribution in [-0.4, -0.2) is 35.5 Å². The van der Waals surface area contributed by atoms with Gasteiger partial charge in [-0.25, -0.2) is 0 Å². The van der Waals surface area contributed by atoms with E-state index in [-0.39, 0.29) is 35.5 Å².